The van der Waals surface area contributed by atoms with Gasteiger partial charge in [0.1, 0.15) is 0 Å². The Morgan fingerprint density at radius 3 is 2.94 bits per heavy atom. The third-order valence-electron chi connectivity index (χ3n) is 3.21. The van der Waals surface area contributed by atoms with Crippen LogP contribution in [0.4, 0.5) is 0 Å². The maximum Gasteiger partial charge on any atom is 0.0992 e. The van der Waals surface area contributed by atoms with E-state index in [9.17, 15) is 0 Å². The molecule has 2 heterocycles. The summed E-state index contributed by atoms with van der Waals surface area (Å²) in [6.07, 6.45) is 4.30. The zero-order chi connectivity index (χ0) is 13.1. The van der Waals surface area contributed by atoms with Gasteiger partial charge in [0.15, 0.2) is 0 Å². The van der Waals surface area contributed by atoms with Crippen LogP contribution in [-0.4, -0.2) is 29.0 Å². The number of ether oxygens (including phenoxy) is 1. The number of hydrogen-bond donors (Lipinski definition) is 1. The van der Waals surface area contributed by atoms with Crippen molar-refractivity contribution >= 4 is 11.8 Å². The molecule has 0 bridgehead atoms. The number of nitrogens with two attached hydrogens (primary N) is 1. The minimum atomic E-state index is 0.188. The summed E-state index contributed by atoms with van der Waals surface area (Å²) in [6.45, 7) is 7.17. The Bertz CT molecular complexity index is 409. The molecule has 1 fully saturated rings. The molecule has 0 amide bonds. The van der Waals surface area contributed by atoms with Crippen LogP contribution in [0.3, 0.4) is 0 Å². The van der Waals surface area contributed by atoms with Crippen LogP contribution in [0.1, 0.15) is 31.4 Å². The molecular formula is C14H22N2OS. The molecule has 0 saturated carbocycles. The highest BCUT2D eigenvalue weighted by Crippen LogP contribution is 2.33. The number of hydrogen-bond acceptors (Lipinski definition) is 4. The number of thioether (sulfide) groups is 1. The summed E-state index contributed by atoms with van der Waals surface area (Å²) in [6, 6.07) is 2.40. The molecule has 1 aromatic rings. The summed E-state index contributed by atoms with van der Waals surface area (Å²) in [7, 11) is 0. The van der Waals surface area contributed by atoms with E-state index in [1.807, 2.05) is 24.9 Å². The van der Waals surface area contributed by atoms with Crippen LogP contribution < -0.4 is 5.73 Å². The second-order valence-corrected chi connectivity index (χ2v) is 6.40. The molecule has 4 heteroatoms. The normalized spacial score (nSPS) is 25.3. The van der Waals surface area contributed by atoms with E-state index in [0.717, 1.165) is 24.5 Å². The second-order valence-electron chi connectivity index (χ2n) is 5.17. The lowest BCUT2D eigenvalue weighted by atomic mass is 10.1. The molecule has 3 atom stereocenters. The van der Waals surface area contributed by atoms with E-state index in [1.54, 1.807) is 0 Å². The molecule has 0 aromatic carbocycles. The fourth-order valence-electron chi connectivity index (χ4n) is 2.24. The first-order valence-electron chi connectivity index (χ1n) is 6.55. The van der Waals surface area contributed by atoms with Crippen molar-refractivity contribution in [2.45, 2.75) is 56.0 Å². The topological polar surface area (TPSA) is 48.1 Å². The average Bonchev–Trinajstić information content (AvgIpc) is 2.67. The van der Waals surface area contributed by atoms with E-state index in [0.29, 0.717) is 11.4 Å². The molecule has 3 nitrogen and oxygen atoms in total. The van der Waals surface area contributed by atoms with Gasteiger partial charge in [-0.1, -0.05) is 17.8 Å². The van der Waals surface area contributed by atoms with Crippen LogP contribution in [0.2, 0.25) is 0 Å². The fourth-order valence-corrected chi connectivity index (χ4v) is 3.37. The van der Waals surface area contributed by atoms with Gasteiger partial charge in [-0.05, 0) is 44.7 Å². The van der Waals surface area contributed by atoms with E-state index in [1.165, 1.54) is 11.1 Å². The van der Waals surface area contributed by atoms with Gasteiger partial charge in [0, 0.05) is 24.1 Å². The summed E-state index contributed by atoms with van der Waals surface area (Å²) in [5.74, 6) is 0. The van der Waals surface area contributed by atoms with Gasteiger partial charge in [-0.2, -0.15) is 0 Å². The molecule has 1 aromatic heterocycles. The van der Waals surface area contributed by atoms with Crippen LogP contribution >= 0.6 is 11.8 Å². The van der Waals surface area contributed by atoms with Gasteiger partial charge >= 0.3 is 0 Å². The molecule has 1 saturated heterocycles. The molecule has 18 heavy (non-hydrogen) atoms. The van der Waals surface area contributed by atoms with Crippen molar-refractivity contribution in [2.24, 2.45) is 5.73 Å². The largest absolute Gasteiger partial charge is 0.377 e. The number of aryl methyl sites for hydroxylation is 1. The van der Waals surface area contributed by atoms with Crippen molar-refractivity contribution in [1.29, 1.82) is 0 Å². The van der Waals surface area contributed by atoms with E-state index < -0.39 is 0 Å². The summed E-state index contributed by atoms with van der Waals surface area (Å²) in [5.41, 5.74) is 8.29. The highest BCUT2D eigenvalue weighted by molar-refractivity contribution is 8.00. The van der Waals surface area contributed by atoms with Crippen LogP contribution in [0.25, 0.3) is 0 Å². The van der Waals surface area contributed by atoms with Crippen molar-refractivity contribution in [2.75, 3.05) is 6.61 Å². The first kappa shape index (κ1) is 13.8. The van der Waals surface area contributed by atoms with E-state index >= 15 is 0 Å². The molecule has 2 rings (SSSR count). The van der Waals surface area contributed by atoms with Crippen molar-refractivity contribution in [3.63, 3.8) is 0 Å². The molecule has 0 spiro atoms. The Morgan fingerprint density at radius 1 is 1.61 bits per heavy atom. The standard InChI is InChI=1S/C14H22N2OS/c1-9-6-12(7-10(2)15)8-16-14(9)18-13-4-5-17-11(13)3/h6,8,10-11,13H,4-5,7,15H2,1-3H3. The highest BCUT2D eigenvalue weighted by Gasteiger charge is 2.26. The van der Waals surface area contributed by atoms with Gasteiger partial charge in [0.05, 0.1) is 11.1 Å². The molecule has 1 aliphatic heterocycles. The summed E-state index contributed by atoms with van der Waals surface area (Å²) >= 11 is 1.85. The highest BCUT2D eigenvalue weighted by atomic mass is 32.2. The summed E-state index contributed by atoms with van der Waals surface area (Å²) in [5, 5.41) is 1.67. The van der Waals surface area contributed by atoms with Gasteiger partial charge in [0.2, 0.25) is 0 Å². The monoisotopic (exact) mass is 266 g/mol. The van der Waals surface area contributed by atoms with Gasteiger partial charge < -0.3 is 10.5 Å². The van der Waals surface area contributed by atoms with Crippen LogP contribution in [0.15, 0.2) is 17.3 Å². The Labute approximate surface area is 114 Å². The van der Waals surface area contributed by atoms with Crippen molar-refractivity contribution in [3.05, 3.63) is 23.4 Å². The maximum absolute atomic E-state index is 5.81. The minimum absolute atomic E-state index is 0.188. The van der Waals surface area contributed by atoms with E-state index in [-0.39, 0.29) is 6.04 Å². The van der Waals surface area contributed by atoms with Crippen LogP contribution in [-0.2, 0) is 11.2 Å². The van der Waals surface area contributed by atoms with E-state index in [2.05, 4.69) is 24.9 Å². The lowest BCUT2D eigenvalue weighted by Gasteiger charge is -2.15. The zero-order valence-corrected chi connectivity index (χ0v) is 12.2. The Morgan fingerprint density at radius 2 is 2.39 bits per heavy atom. The van der Waals surface area contributed by atoms with Crippen molar-refractivity contribution < 1.29 is 4.74 Å². The first-order chi connectivity index (χ1) is 8.56. The predicted molar refractivity (Wildman–Crippen MR) is 76.0 cm³/mol. The molecule has 2 N–H and O–H groups in total. The van der Waals surface area contributed by atoms with Gasteiger partial charge in [0.25, 0.3) is 0 Å². The third-order valence-corrected chi connectivity index (χ3v) is 4.79. The zero-order valence-electron chi connectivity index (χ0n) is 11.3. The van der Waals surface area contributed by atoms with Gasteiger partial charge in [-0.25, -0.2) is 4.98 Å². The van der Waals surface area contributed by atoms with E-state index in [4.69, 9.17) is 10.5 Å². The molecule has 3 unspecified atom stereocenters. The van der Waals surface area contributed by atoms with Gasteiger partial charge in [-0.3, -0.25) is 0 Å². The Hall–Kier alpha value is -0.580. The fraction of sp³-hybridized carbons (Fsp3) is 0.643. The first-order valence-corrected chi connectivity index (χ1v) is 7.43. The maximum atomic E-state index is 5.81. The molecule has 1 aliphatic rings. The van der Waals surface area contributed by atoms with Crippen molar-refractivity contribution in [1.82, 2.24) is 4.98 Å². The molecule has 0 aliphatic carbocycles. The Balaban J connectivity index is 2.05. The molecular weight excluding hydrogens is 244 g/mol. The number of nitrogens with zero attached hydrogens (tertiary/aromatic N) is 1. The predicted octanol–water partition coefficient (Wildman–Crippen LogP) is 2.55. The van der Waals surface area contributed by atoms with Crippen molar-refractivity contribution in [3.8, 4) is 0 Å². The number of rotatable bonds is 4. The SMILES string of the molecule is Cc1cc(CC(C)N)cnc1SC1CCOC1C. The summed E-state index contributed by atoms with van der Waals surface area (Å²) in [4.78, 5) is 4.58. The second kappa shape index (κ2) is 6.04. The van der Waals surface area contributed by atoms with Crippen LogP contribution in [0.5, 0.6) is 0 Å². The van der Waals surface area contributed by atoms with Gasteiger partial charge in [-0.15, -0.1) is 0 Å². The Kier molecular flexibility index (Phi) is 4.65. The molecule has 0 radical (unpaired) electrons. The quantitative estimate of drug-likeness (QED) is 0.910. The number of pyridine rings is 1. The third kappa shape index (κ3) is 3.46. The smallest absolute Gasteiger partial charge is 0.0992 e. The molecule has 100 valence electrons. The summed E-state index contributed by atoms with van der Waals surface area (Å²) < 4.78 is 5.59. The minimum Gasteiger partial charge on any atom is -0.377 e. The number of aromatic nitrogens is 1. The average molecular weight is 266 g/mol. The van der Waals surface area contributed by atoms with Crippen LogP contribution in [0, 0.1) is 6.92 Å². The lowest BCUT2D eigenvalue weighted by Crippen LogP contribution is -2.18. The lowest BCUT2D eigenvalue weighted by molar-refractivity contribution is 0.127.